The SMILES string of the molecule is CC(C)CC[C@H](N)C(=O)Nc1cccc(N)c1. The minimum Gasteiger partial charge on any atom is -0.399 e. The number of amides is 1. The van der Waals surface area contributed by atoms with E-state index in [1.165, 1.54) is 0 Å². The zero-order valence-electron chi connectivity index (χ0n) is 10.4. The molecule has 1 aromatic carbocycles. The van der Waals surface area contributed by atoms with Crippen molar-refractivity contribution in [3.05, 3.63) is 24.3 Å². The molecule has 0 fully saturated rings. The second-order valence-electron chi connectivity index (χ2n) is 4.69. The van der Waals surface area contributed by atoms with Crippen LogP contribution in [0.1, 0.15) is 26.7 Å². The third-order valence-electron chi connectivity index (χ3n) is 2.55. The van der Waals surface area contributed by atoms with E-state index in [4.69, 9.17) is 11.5 Å². The molecule has 0 aliphatic rings. The van der Waals surface area contributed by atoms with Crippen molar-refractivity contribution in [3.8, 4) is 0 Å². The van der Waals surface area contributed by atoms with Gasteiger partial charge in [0.2, 0.25) is 5.91 Å². The quantitative estimate of drug-likeness (QED) is 0.682. The summed E-state index contributed by atoms with van der Waals surface area (Å²) in [5, 5.41) is 2.76. The Morgan fingerprint density at radius 2 is 2.06 bits per heavy atom. The van der Waals surface area contributed by atoms with Crippen LogP contribution in [0.15, 0.2) is 24.3 Å². The second-order valence-corrected chi connectivity index (χ2v) is 4.69. The minimum absolute atomic E-state index is 0.156. The van der Waals surface area contributed by atoms with Gasteiger partial charge < -0.3 is 16.8 Å². The van der Waals surface area contributed by atoms with Gasteiger partial charge in [-0.15, -0.1) is 0 Å². The van der Waals surface area contributed by atoms with E-state index in [1.54, 1.807) is 24.3 Å². The zero-order chi connectivity index (χ0) is 12.8. The number of anilines is 2. The first kappa shape index (κ1) is 13.5. The van der Waals surface area contributed by atoms with Crippen LogP contribution in [0.3, 0.4) is 0 Å². The van der Waals surface area contributed by atoms with Crippen molar-refractivity contribution in [2.75, 3.05) is 11.1 Å². The lowest BCUT2D eigenvalue weighted by Gasteiger charge is -2.13. The van der Waals surface area contributed by atoms with Crippen LogP contribution in [0.25, 0.3) is 0 Å². The Labute approximate surface area is 102 Å². The maximum Gasteiger partial charge on any atom is 0.241 e. The summed E-state index contributed by atoms with van der Waals surface area (Å²) in [7, 11) is 0. The molecule has 0 bridgehead atoms. The Balaban J connectivity index is 2.48. The first-order valence-electron chi connectivity index (χ1n) is 5.91. The van der Waals surface area contributed by atoms with Gasteiger partial charge in [-0.1, -0.05) is 19.9 Å². The van der Waals surface area contributed by atoms with Crippen LogP contribution in [-0.2, 0) is 4.79 Å². The molecule has 0 saturated carbocycles. The highest BCUT2D eigenvalue weighted by Crippen LogP contribution is 2.13. The highest BCUT2D eigenvalue weighted by Gasteiger charge is 2.13. The molecule has 4 heteroatoms. The highest BCUT2D eigenvalue weighted by molar-refractivity contribution is 5.94. The lowest BCUT2D eigenvalue weighted by molar-refractivity contribution is -0.117. The van der Waals surface area contributed by atoms with Crippen molar-refractivity contribution < 1.29 is 4.79 Å². The molecule has 0 saturated heterocycles. The van der Waals surface area contributed by atoms with E-state index in [0.29, 0.717) is 23.7 Å². The van der Waals surface area contributed by atoms with Crippen LogP contribution in [0.4, 0.5) is 11.4 Å². The van der Waals surface area contributed by atoms with E-state index in [-0.39, 0.29) is 5.91 Å². The molecule has 1 amide bonds. The van der Waals surface area contributed by atoms with Gasteiger partial charge in [-0.05, 0) is 37.0 Å². The summed E-state index contributed by atoms with van der Waals surface area (Å²) in [6.07, 6.45) is 1.65. The first-order valence-corrected chi connectivity index (χ1v) is 5.91. The molecule has 0 heterocycles. The van der Waals surface area contributed by atoms with Gasteiger partial charge in [0.05, 0.1) is 6.04 Å². The lowest BCUT2D eigenvalue weighted by atomic mass is 10.0. The molecular weight excluding hydrogens is 214 g/mol. The Hall–Kier alpha value is -1.55. The van der Waals surface area contributed by atoms with Crippen LogP contribution in [0.5, 0.6) is 0 Å². The molecular formula is C13H21N3O. The molecule has 0 aliphatic carbocycles. The normalized spacial score (nSPS) is 12.5. The topological polar surface area (TPSA) is 81.1 Å². The van der Waals surface area contributed by atoms with Gasteiger partial charge in [0, 0.05) is 11.4 Å². The molecule has 0 radical (unpaired) electrons. The van der Waals surface area contributed by atoms with Gasteiger partial charge in [0.25, 0.3) is 0 Å². The Kier molecular flexibility index (Phi) is 4.97. The van der Waals surface area contributed by atoms with Crippen molar-refractivity contribution in [1.82, 2.24) is 0 Å². The smallest absolute Gasteiger partial charge is 0.241 e. The summed E-state index contributed by atoms with van der Waals surface area (Å²) in [4.78, 5) is 11.8. The summed E-state index contributed by atoms with van der Waals surface area (Å²) in [5.74, 6) is 0.400. The fraction of sp³-hybridized carbons (Fsp3) is 0.462. The lowest BCUT2D eigenvalue weighted by Crippen LogP contribution is -2.35. The zero-order valence-corrected chi connectivity index (χ0v) is 10.4. The monoisotopic (exact) mass is 235 g/mol. The molecule has 1 atom stereocenters. The van der Waals surface area contributed by atoms with Crippen LogP contribution in [-0.4, -0.2) is 11.9 Å². The standard InChI is InChI=1S/C13H21N3O/c1-9(2)6-7-12(15)13(17)16-11-5-3-4-10(14)8-11/h3-5,8-9,12H,6-7,14-15H2,1-2H3,(H,16,17)/t12-/m0/s1. The summed E-state index contributed by atoms with van der Waals surface area (Å²) < 4.78 is 0. The number of rotatable bonds is 5. The average Bonchev–Trinajstić information content (AvgIpc) is 2.25. The van der Waals surface area contributed by atoms with Crippen LogP contribution in [0, 0.1) is 5.92 Å². The Bertz CT molecular complexity index is 377. The van der Waals surface area contributed by atoms with Crippen LogP contribution >= 0.6 is 0 Å². The number of benzene rings is 1. The van der Waals surface area contributed by atoms with Gasteiger partial charge in [-0.3, -0.25) is 4.79 Å². The number of carbonyl (C=O) groups excluding carboxylic acids is 1. The number of carbonyl (C=O) groups is 1. The molecule has 0 aliphatic heterocycles. The molecule has 0 unspecified atom stereocenters. The van der Waals surface area contributed by atoms with Crippen molar-refractivity contribution in [2.45, 2.75) is 32.7 Å². The third-order valence-corrected chi connectivity index (χ3v) is 2.55. The van der Waals surface area contributed by atoms with Gasteiger partial charge in [-0.25, -0.2) is 0 Å². The van der Waals surface area contributed by atoms with E-state index < -0.39 is 6.04 Å². The van der Waals surface area contributed by atoms with Crippen LogP contribution < -0.4 is 16.8 Å². The van der Waals surface area contributed by atoms with E-state index >= 15 is 0 Å². The number of nitrogens with two attached hydrogens (primary N) is 2. The molecule has 1 rings (SSSR count). The van der Waals surface area contributed by atoms with Crippen molar-refractivity contribution in [2.24, 2.45) is 11.7 Å². The summed E-state index contributed by atoms with van der Waals surface area (Å²) >= 11 is 0. The van der Waals surface area contributed by atoms with Gasteiger partial charge >= 0.3 is 0 Å². The van der Waals surface area contributed by atoms with E-state index in [1.807, 2.05) is 0 Å². The predicted molar refractivity (Wildman–Crippen MR) is 71.5 cm³/mol. The largest absolute Gasteiger partial charge is 0.399 e. The molecule has 1 aromatic rings. The van der Waals surface area contributed by atoms with Gasteiger partial charge in [-0.2, -0.15) is 0 Å². The minimum atomic E-state index is -0.459. The number of hydrogen-bond acceptors (Lipinski definition) is 3. The average molecular weight is 235 g/mol. The van der Waals surface area contributed by atoms with Crippen molar-refractivity contribution >= 4 is 17.3 Å². The number of nitrogens with one attached hydrogen (secondary N) is 1. The van der Waals surface area contributed by atoms with E-state index in [2.05, 4.69) is 19.2 Å². The van der Waals surface area contributed by atoms with Crippen molar-refractivity contribution in [3.63, 3.8) is 0 Å². The third kappa shape index (κ3) is 4.87. The molecule has 0 spiro atoms. The fourth-order valence-electron chi connectivity index (χ4n) is 1.50. The fourth-order valence-corrected chi connectivity index (χ4v) is 1.50. The van der Waals surface area contributed by atoms with E-state index in [9.17, 15) is 4.79 Å². The molecule has 17 heavy (non-hydrogen) atoms. The van der Waals surface area contributed by atoms with Crippen LogP contribution in [0.2, 0.25) is 0 Å². The number of hydrogen-bond donors (Lipinski definition) is 3. The summed E-state index contributed by atoms with van der Waals surface area (Å²) in [5.41, 5.74) is 12.7. The summed E-state index contributed by atoms with van der Waals surface area (Å²) in [6.45, 7) is 4.23. The van der Waals surface area contributed by atoms with Gasteiger partial charge in [0.15, 0.2) is 0 Å². The Morgan fingerprint density at radius 1 is 1.35 bits per heavy atom. The predicted octanol–water partition coefficient (Wildman–Crippen LogP) is 1.97. The number of nitrogen functional groups attached to an aromatic ring is 1. The van der Waals surface area contributed by atoms with Gasteiger partial charge in [0.1, 0.15) is 0 Å². The maximum atomic E-state index is 11.8. The summed E-state index contributed by atoms with van der Waals surface area (Å²) in [6, 6.07) is 6.62. The first-order chi connectivity index (χ1) is 7.99. The molecule has 0 aromatic heterocycles. The maximum absolute atomic E-state index is 11.8. The Morgan fingerprint density at radius 3 is 2.65 bits per heavy atom. The molecule has 5 N–H and O–H groups in total. The highest BCUT2D eigenvalue weighted by atomic mass is 16.2. The molecule has 4 nitrogen and oxygen atoms in total. The van der Waals surface area contributed by atoms with Crippen molar-refractivity contribution in [1.29, 1.82) is 0 Å². The second kappa shape index (κ2) is 6.25. The van der Waals surface area contributed by atoms with E-state index in [0.717, 1.165) is 6.42 Å². The molecule has 94 valence electrons.